The summed E-state index contributed by atoms with van der Waals surface area (Å²) in [4.78, 5) is 1.06. The zero-order valence-corrected chi connectivity index (χ0v) is 10.8. The summed E-state index contributed by atoms with van der Waals surface area (Å²) in [6.07, 6.45) is 0. The van der Waals surface area contributed by atoms with Crippen LogP contribution in [0.5, 0.6) is 0 Å². The molecule has 0 fully saturated rings. The van der Waals surface area contributed by atoms with E-state index in [0.717, 1.165) is 15.1 Å². The SMILES string of the molecule is CC#CCSc1cc(Cl)c(N)cc1Br. The van der Waals surface area contributed by atoms with Gasteiger partial charge in [0.05, 0.1) is 16.5 Å². The molecule has 2 N–H and O–H groups in total. The number of thioether (sulfide) groups is 1. The highest BCUT2D eigenvalue weighted by Crippen LogP contribution is 2.33. The van der Waals surface area contributed by atoms with E-state index in [1.54, 1.807) is 11.8 Å². The summed E-state index contributed by atoms with van der Waals surface area (Å²) in [5.74, 6) is 6.57. The second-order valence-electron chi connectivity index (χ2n) is 2.52. The Kier molecular flexibility index (Phi) is 4.67. The largest absolute Gasteiger partial charge is 0.397 e. The van der Waals surface area contributed by atoms with Gasteiger partial charge in [-0.25, -0.2) is 0 Å². The Morgan fingerprint density at radius 2 is 2.29 bits per heavy atom. The van der Waals surface area contributed by atoms with Crippen LogP contribution in [-0.2, 0) is 0 Å². The van der Waals surface area contributed by atoms with E-state index >= 15 is 0 Å². The fourth-order valence-corrected chi connectivity index (χ4v) is 2.54. The van der Waals surface area contributed by atoms with Crippen LogP contribution in [0.4, 0.5) is 5.69 Å². The molecule has 0 aliphatic carbocycles. The van der Waals surface area contributed by atoms with E-state index in [1.165, 1.54) is 0 Å². The van der Waals surface area contributed by atoms with E-state index in [1.807, 2.05) is 19.1 Å². The molecule has 0 bridgehead atoms. The maximum absolute atomic E-state index is 5.90. The summed E-state index contributed by atoms with van der Waals surface area (Å²) in [6, 6.07) is 3.66. The molecular weight excluding hydrogens is 282 g/mol. The Hall–Kier alpha value is -0.300. The Morgan fingerprint density at radius 1 is 1.57 bits per heavy atom. The molecule has 1 rings (SSSR count). The highest BCUT2D eigenvalue weighted by molar-refractivity contribution is 9.10. The molecule has 0 radical (unpaired) electrons. The van der Waals surface area contributed by atoms with Crippen molar-refractivity contribution in [2.75, 3.05) is 11.5 Å². The predicted octanol–water partition coefficient (Wildman–Crippen LogP) is 3.80. The molecule has 1 aromatic rings. The number of hydrogen-bond acceptors (Lipinski definition) is 2. The van der Waals surface area contributed by atoms with Crippen molar-refractivity contribution in [3.05, 3.63) is 21.6 Å². The van der Waals surface area contributed by atoms with Gasteiger partial charge < -0.3 is 5.73 Å². The normalized spacial score (nSPS) is 9.36. The predicted molar refractivity (Wildman–Crippen MR) is 67.7 cm³/mol. The third-order valence-corrected chi connectivity index (χ3v) is 3.71. The summed E-state index contributed by atoms with van der Waals surface area (Å²) in [6.45, 7) is 1.82. The van der Waals surface area contributed by atoms with Crippen LogP contribution in [0.3, 0.4) is 0 Å². The van der Waals surface area contributed by atoms with Crippen LogP contribution in [0.15, 0.2) is 21.5 Å². The molecule has 14 heavy (non-hydrogen) atoms. The molecule has 1 aromatic carbocycles. The summed E-state index contributed by atoms with van der Waals surface area (Å²) < 4.78 is 0.960. The van der Waals surface area contributed by atoms with Crippen molar-refractivity contribution in [1.29, 1.82) is 0 Å². The molecule has 74 valence electrons. The molecule has 1 nitrogen and oxygen atoms in total. The third-order valence-electron chi connectivity index (χ3n) is 1.53. The van der Waals surface area contributed by atoms with Crippen molar-refractivity contribution in [1.82, 2.24) is 0 Å². The zero-order valence-electron chi connectivity index (χ0n) is 7.60. The summed E-state index contributed by atoms with van der Waals surface area (Å²) >= 11 is 11.0. The van der Waals surface area contributed by atoms with Crippen LogP contribution < -0.4 is 5.73 Å². The van der Waals surface area contributed by atoms with Gasteiger partial charge in [0.15, 0.2) is 0 Å². The monoisotopic (exact) mass is 289 g/mol. The molecule has 0 saturated carbocycles. The maximum atomic E-state index is 5.90. The van der Waals surface area contributed by atoms with Gasteiger partial charge in [0.1, 0.15) is 0 Å². The Bertz CT molecular complexity index is 395. The van der Waals surface area contributed by atoms with Gasteiger partial charge in [0, 0.05) is 9.37 Å². The summed E-state index contributed by atoms with van der Waals surface area (Å²) in [7, 11) is 0. The lowest BCUT2D eigenvalue weighted by Crippen LogP contribution is -1.87. The van der Waals surface area contributed by atoms with E-state index in [2.05, 4.69) is 27.8 Å². The molecule has 0 unspecified atom stereocenters. The van der Waals surface area contributed by atoms with Crippen molar-refractivity contribution in [3.63, 3.8) is 0 Å². The van der Waals surface area contributed by atoms with Crippen molar-refractivity contribution in [3.8, 4) is 11.8 Å². The molecule has 0 aromatic heterocycles. The first-order chi connectivity index (χ1) is 6.65. The van der Waals surface area contributed by atoms with Crippen LogP contribution in [0, 0.1) is 11.8 Å². The second kappa shape index (κ2) is 5.55. The molecule has 0 aliphatic rings. The van der Waals surface area contributed by atoms with Gasteiger partial charge in [-0.2, -0.15) is 0 Å². The Morgan fingerprint density at radius 3 is 2.93 bits per heavy atom. The van der Waals surface area contributed by atoms with Crippen molar-refractivity contribution in [2.45, 2.75) is 11.8 Å². The number of anilines is 1. The van der Waals surface area contributed by atoms with Gasteiger partial charge in [-0.15, -0.1) is 17.7 Å². The fourth-order valence-electron chi connectivity index (χ4n) is 0.841. The van der Waals surface area contributed by atoms with Crippen LogP contribution in [0.2, 0.25) is 5.02 Å². The topological polar surface area (TPSA) is 26.0 Å². The number of nitrogens with two attached hydrogens (primary N) is 1. The smallest absolute Gasteiger partial charge is 0.0647 e. The minimum atomic E-state index is 0.583. The van der Waals surface area contributed by atoms with Gasteiger partial charge in [0.2, 0.25) is 0 Å². The maximum Gasteiger partial charge on any atom is 0.0647 e. The van der Waals surface area contributed by atoms with Gasteiger partial charge in [0.25, 0.3) is 0 Å². The van der Waals surface area contributed by atoms with Gasteiger partial charge in [-0.1, -0.05) is 17.5 Å². The third kappa shape index (κ3) is 3.13. The second-order valence-corrected chi connectivity index (χ2v) is 4.80. The summed E-state index contributed by atoms with van der Waals surface area (Å²) in [5.41, 5.74) is 6.23. The minimum absolute atomic E-state index is 0.583. The first-order valence-corrected chi connectivity index (χ1v) is 6.07. The Labute approximate surface area is 102 Å². The Balaban J connectivity index is 2.85. The molecular formula is C10H9BrClNS. The summed E-state index contributed by atoms with van der Waals surface area (Å²) in [5, 5.41) is 0.583. The standard InChI is InChI=1S/C10H9BrClNS/c1-2-3-4-14-10-6-8(12)9(13)5-7(10)11/h5-6H,4,13H2,1H3. The van der Waals surface area contributed by atoms with Crippen molar-refractivity contribution < 1.29 is 0 Å². The average Bonchev–Trinajstić information content (AvgIpc) is 2.14. The van der Waals surface area contributed by atoms with Crippen LogP contribution in [-0.4, -0.2) is 5.75 Å². The molecule has 0 atom stereocenters. The lowest BCUT2D eigenvalue weighted by molar-refractivity contribution is 1.41. The molecule has 0 amide bonds. The van der Waals surface area contributed by atoms with E-state index in [0.29, 0.717) is 10.7 Å². The molecule has 0 heterocycles. The van der Waals surface area contributed by atoms with Crippen molar-refractivity contribution in [2.24, 2.45) is 0 Å². The molecule has 0 aliphatic heterocycles. The molecule has 0 saturated heterocycles. The first kappa shape index (κ1) is 11.8. The zero-order chi connectivity index (χ0) is 10.6. The molecule has 0 spiro atoms. The van der Waals surface area contributed by atoms with Gasteiger partial charge in [-0.3, -0.25) is 0 Å². The van der Waals surface area contributed by atoms with Crippen LogP contribution in [0.25, 0.3) is 0 Å². The van der Waals surface area contributed by atoms with Crippen LogP contribution >= 0.6 is 39.3 Å². The number of rotatable bonds is 2. The minimum Gasteiger partial charge on any atom is -0.397 e. The van der Waals surface area contributed by atoms with Gasteiger partial charge in [-0.05, 0) is 35.0 Å². The number of halogens is 2. The van der Waals surface area contributed by atoms with Crippen molar-refractivity contribution >= 4 is 45.0 Å². The quantitative estimate of drug-likeness (QED) is 0.509. The number of hydrogen-bond donors (Lipinski definition) is 1. The highest BCUT2D eigenvalue weighted by atomic mass is 79.9. The number of nitrogen functional groups attached to an aromatic ring is 1. The first-order valence-electron chi connectivity index (χ1n) is 3.92. The highest BCUT2D eigenvalue weighted by Gasteiger charge is 2.04. The van der Waals surface area contributed by atoms with Gasteiger partial charge >= 0.3 is 0 Å². The fraction of sp³-hybridized carbons (Fsp3) is 0.200. The lowest BCUT2D eigenvalue weighted by Gasteiger charge is -2.04. The van der Waals surface area contributed by atoms with E-state index in [-0.39, 0.29) is 0 Å². The number of benzene rings is 1. The molecule has 4 heteroatoms. The van der Waals surface area contributed by atoms with Crippen LogP contribution in [0.1, 0.15) is 6.92 Å². The van der Waals surface area contributed by atoms with E-state index in [9.17, 15) is 0 Å². The average molecular weight is 291 g/mol. The van der Waals surface area contributed by atoms with E-state index in [4.69, 9.17) is 17.3 Å². The lowest BCUT2D eigenvalue weighted by atomic mass is 10.3. The van der Waals surface area contributed by atoms with E-state index < -0.39 is 0 Å².